The highest BCUT2D eigenvalue weighted by molar-refractivity contribution is 5.71. The number of nitrogens with one attached hydrogen (secondary N) is 1. The van der Waals surface area contributed by atoms with Gasteiger partial charge in [0.2, 0.25) is 5.95 Å². The van der Waals surface area contributed by atoms with Crippen LogP contribution in [-0.2, 0) is 11.2 Å². The molecule has 2 rings (SSSR count). The summed E-state index contributed by atoms with van der Waals surface area (Å²) in [6, 6.07) is 8.90. The van der Waals surface area contributed by atoms with Crippen molar-refractivity contribution in [1.29, 1.82) is 0 Å². The number of carboxylic acid groups (broad SMARTS) is 1. The quantitative estimate of drug-likeness (QED) is 0.836. The first kappa shape index (κ1) is 11.1. The molecule has 2 N–H and O–H groups in total. The number of anilines is 2. The third-order valence-electron chi connectivity index (χ3n) is 2.10. The average Bonchev–Trinajstić information content (AvgIpc) is 2.30. The molecule has 0 spiro atoms. The Balaban J connectivity index is 2.14. The molecule has 5 nitrogen and oxygen atoms in total. The highest BCUT2D eigenvalue weighted by Crippen LogP contribution is 2.14. The molecule has 0 aliphatic heterocycles. The molecule has 1 aromatic carbocycles. The lowest BCUT2D eigenvalue weighted by molar-refractivity contribution is -0.136. The van der Waals surface area contributed by atoms with Crippen molar-refractivity contribution in [1.82, 2.24) is 9.97 Å². The van der Waals surface area contributed by atoms with Crippen molar-refractivity contribution in [2.24, 2.45) is 0 Å². The predicted molar refractivity (Wildman–Crippen MR) is 63.1 cm³/mol. The summed E-state index contributed by atoms with van der Waals surface area (Å²) < 4.78 is 0. The first-order valence-electron chi connectivity index (χ1n) is 5.09. The van der Waals surface area contributed by atoms with Crippen LogP contribution in [0.3, 0.4) is 0 Å². The molecule has 0 radical (unpaired) electrons. The predicted octanol–water partition coefficient (Wildman–Crippen LogP) is 1.85. The smallest absolute Gasteiger partial charge is 0.307 e. The van der Waals surface area contributed by atoms with Gasteiger partial charge in [0.15, 0.2) is 0 Å². The van der Waals surface area contributed by atoms with Crippen molar-refractivity contribution < 1.29 is 9.90 Å². The summed E-state index contributed by atoms with van der Waals surface area (Å²) in [6.45, 7) is 0. The number of carbonyl (C=O) groups is 1. The second-order valence-corrected chi connectivity index (χ2v) is 3.47. The van der Waals surface area contributed by atoms with E-state index in [2.05, 4.69) is 15.3 Å². The van der Waals surface area contributed by atoms with Crippen molar-refractivity contribution in [3.63, 3.8) is 0 Å². The largest absolute Gasteiger partial charge is 0.481 e. The van der Waals surface area contributed by atoms with Crippen LogP contribution in [0.2, 0.25) is 0 Å². The van der Waals surface area contributed by atoms with Gasteiger partial charge in [-0.25, -0.2) is 9.97 Å². The Kier molecular flexibility index (Phi) is 3.30. The molecule has 0 aliphatic rings. The van der Waals surface area contributed by atoms with Gasteiger partial charge in [0.05, 0.1) is 6.42 Å². The first-order chi connectivity index (χ1) is 8.24. The number of benzene rings is 1. The maximum Gasteiger partial charge on any atom is 0.307 e. The number of aromatic nitrogens is 2. The molecule has 0 aliphatic carbocycles. The van der Waals surface area contributed by atoms with Crippen molar-refractivity contribution in [2.75, 3.05) is 5.32 Å². The van der Waals surface area contributed by atoms with Gasteiger partial charge < -0.3 is 10.4 Å². The van der Waals surface area contributed by atoms with E-state index in [4.69, 9.17) is 5.11 Å². The van der Waals surface area contributed by atoms with Gasteiger partial charge in [-0.05, 0) is 23.8 Å². The summed E-state index contributed by atoms with van der Waals surface area (Å²) in [5.41, 5.74) is 1.51. The van der Waals surface area contributed by atoms with Crippen LogP contribution in [-0.4, -0.2) is 21.0 Å². The number of hydrogen-bond acceptors (Lipinski definition) is 4. The fraction of sp³-hybridized carbons (Fsp3) is 0.0833. The van der Waals surface area contributed by atoms with E-state index < -0.39 is 5.97 Å². The number of nitrogens with zero attached hydrogens (tertiary/aromatic N) is 2. The Hall–Kier alpha value is -2.43. The van der Waals surface area contributed by atoms with Crippen LogP contribution in [0.1, 0.15) is 5.56 Å². The molecule has 0 fully saturated rings. The third kappa shape index (κ3) is 3.27. The SMILES string of the molecule is O=C(O)Cc1cccc(Nc2ncccn2)c1. The zero-order valence-electron chi connectivity index (χ0n) is 9.00. The van der Waals surface area contributed by atoms with Gasteiger partial charge in [-0.1, -0.05) is 12.1 Å². The molecule has 86 valence electrons. The zero-order valence-corrected chi connectivity index (χ0v) is 9.00. The van der Waals surface area contributed by atoms with Crippen molar-refractivity contribution in [3.05, 3.63) is 48.3 Å². The summed E-state index contributed by atoms with van der Waals surface area (Å²) in [5.74, 6) is -0.363. The van der Waals surface area contributed by atoms with E-state index in [1.54, 1.807) is 36.7 Å². The molecular formula is C12H11N3O2. The first-order valence-corrected chi connectivity index (χ1v) is 5.09. The van der Waals surface area contributed by atoms with Gasteiger partial charge in [0, 0.05) is 18.1 Å². The minimum atomic E-state index is -0.849. The Labute approximate surface area is 98.2 Å². The number of aliphatic carboxylic acids is 1. The van der Waals surface area contributed by atoms with Crippen LogP contribution in [0.4, 0.5) is 11.6 Å². The maximum atomic E-state index is 10.6. The Morgan fingerprint density at radius 2 is 2.00 bits per heavy atom. The van der Waals surface area contributed by atoms with Crippen molar-refractivity contribution >= 4 is 17.6 Å². The minimum Gasteiger partial charge on any atom is -0.481 e. The van der Waals surface area contributed by atoms with Gasteiger partial charge in [-0.3, -0.25) is 4.79 Å². The van der Waals surface area contributed by atoms with Crippen molar-refractivity contribution in [2.45, 2.75) is 6.42 Å². The van der Waals surface area contributed by atoms with Crippen LogP contribution >= 0.6 is 0 Å². The fourth-order valence-electron chi connectivity index (χ4n) is 1.43. The molecule has 5 heteroatoms. The summed E-state index contributed by atoms with van der Waals surface area (Å²) >= 11 is 0. The van der Waals surface area contributed by atoms with Crippen LogP contribution in [0.5, 0.6) is 0 Å². The third-order valence-corrected chi connectivity index (χ3v) is 2.10. The van der Waals surface area contributed by atoms with Crippen LogP contribution < -0.4 is 5.32 Å². The Morgan fingerprint density at radius 1 is 1.24 bits per heavy atom. The van der Waals surface area contributed by atoms with Gasteiger partial charge in [-0.2, -0.15) is 0 Å². The molecule has 17 heavy (non-hydrogen) atoms. The molecule has 0 atom stereocenters. The lowest BCUT2D eigenvalue weighted by Gasteiger charge is -2.05. The standard InChI is InChI=1S/C12H11N3O2/c16-11(17)8-9-3-1-4-10(7-9)15-12-13-5-2-6-14-12/h1-7H,8H2,(H,16,17)(H,13,14,15). The molecule has 1 heterocycles. The summed E-state index contributed by atoms with van der Waals surface area (Å²) in [6.07, 6.45) is 3.28. The Bertz CT molecular complexity index is 514. The van der Waals surface area contributed by atoms with Gasteiger partial charge in [-0.15, -0.1) is 0 Å². The molecule has 0 unspecified atom stereocenters. The summed E-state index contributed by atoms with van der Waals surface area (Å²) in [5, 5.41) is 11.7. The van der Waals surface area contributed by atoms with E-state index in [0.29, 0.717) is 5.95 Å². The molecule has 0 saturated carbocycles. The lowest BCUT2D eigenvalue weighted by atomic mass is 10.1. The lowest BCUT2D eigenvalue weighted by Crippen LogP contribution is -2.01. The number of carboxylic acids is 1. The van der Waals surface area contributed by atoms with E-state index in [1.165, 1.54) is 0 Å². The highest BCUT2D eigenvalue weighted by Gasteiger charge is 2.02. The normalized spacial score (nSPS) is 9.88. The second-order valence-electron chi connectivity index (χ2n) is 3.47. The van der Waals surface area contributed by atoms with Crippen molar-refractivity contribution in [3.8, 4) is 0 Å². The van der Waals surface area contributed by atoms with E-state index in [1.807, 2.05) is 6.07 Å². The fourth-order valence-corrected chi connectivity index (χ4v) is 1.43. The second kappa shape index (κ2) is 5.07. The van der Waals surface area contributed by atoms with Crippen LogP contribution in [0, 0.1) is 0 Å². The van der Waals surface area contributed by atoms with Crippen LogP contribution in [0.25, 0.3) is 0 Å². The van der Waals surface area contributed by atoms with Gasteiger partial charge in [0.25, 0.3) is 0 Å². The average molecular weight is 229 g/mol. The molecule has 1 aromatic heterocycles. The maximum absolute atomic E-state index is 10.6. The molecule has 0 saturated heterocycles. The van der Waals surface area contributed by atoms with Gasteiger partial charge in [0.1, 0.15) is 0 Å². The monoisotopic (exact) mass is 229 g/mol. The minimum absolute atomic E-state index is 0.00513. The van der Waals surface area contributed by atoms with E-state index in [-0.39, 0.29) is 6.42 Å². The Morgan fingerprint density at radius 3 is 2.71 bits per heavy atom. The molecular weight excluding hydrogens is 218 g/mol. The van der Waals surface area contributed by atoms with Crippen LogP contribution in [0.15, 0.2) is 42.7 Å². The molecule has 0 amide bonds. The molecule has 0 bridgehead atoms. The molecule has 2 aromatic rings. The topological polar surface area (TPSA) is 75.1 Å². The van der Waals surface area contributed by atoms with E-state index in [0.717, 1.165) is 11.3 Å². The zero-order chi connectivity index (χ0) is 12.1. The van der Waals surface area contributed by atoms with Gasteiger partial charge >= 0.3 is 5.97 Å². The number of hydrogen-bond donors (Lipinski definition) is 2. The highest BCUT2D eigenvalue weighted by atomic mass is 16.4. The summed E-state index contributed by atoms with van der Waals surface area (Å²) in [7, 11) is 0. The van der Waals surface area contributed by atoms with E-state index >= 15 is 0 Å². The van der Waals surface area contributed by atoms with E-state index in [9.17, 15) is 4.79 Å². The number of rotatable bonds is 4. The summed E-state index contributed by atoms with van der Waals surface area (Å²) in [4.78, 5) is 18.6.